The Labute approximate surface area is 147 Å². The standard InChI is InChI=1S/C18H20N2O4S/c1-12-6-9-17(20(21)22)11-18(12)25(23,24)19-13(2)15-8-7-14-4-3-5-16(14)10-15/h6-11,13,19H,3-5H2,1-2H3. The third-order valence-electron chi connectivity index (χ3n) is 4.63. The molecule has 1 unspecified atom stereocenters. The molecule has 132 valence electrons. The SMILES string of the molecule is Cc1ccc([N+](=O)[O-])cc1S(=O)(=O)NC(C)c1ccc2c(c1)CCC2. The van der Waals surface area contributed by atoms with Crippen LogP contribution in [-0.2, 0) is 22.9 Å². The van der Waals surface area contributed by atoms with Crippen molar-refractivity contribution in [1.29, 1.82) is 0 Å². The minimum atomic E-state index is -3.86. The highest BCUT2D eigenvalue weighted by molar-refractivity contribution is 7.89. The molecule has 0 radical (unpaired) electrons. The summed E-state index contributed by atoms with van der Waals surface area (Å²) in [4.78, 5) is 10.3. The summed E-state index contributed by atoms with van der Waals surface area (Å²) in [6, 6.07) is 9.49. The van der Waals surface area contributed by atoms with E-state index in [2.05, 4.69) is 16.9 Å². The highest BCUT2D eigenvalue weighted by Crippen LogP contribution is 2.27. The van der Waals surface area contributed by atoms with Crippen molar-refractivity contribution in [3.63, 3.8) is 0 Å². The molecule has 1 atom stereocenters. The first-order chi connectivity index (χ1) is 11.8. The summed E-state index contributed by atoms with van der Waals surface area (Å²) in [5.41, 5.74) is 3.73. The Balaban J connectivity index is 1.88. The van der Waals surface area contributed by atoms with E-state index in [9.17, 15) is 18.5 Å². The molecular formula is C18H20N2O4S. The lowest BCUT2D eigenvalue weighted by Crippen LogP contribution is -2.27. The van der Waals surface area contributed by atoms with E-state index >= 15 is 0 Å². The number of hydrogen-bond donors (Lipinski definition) is 1. The van der Waals surface area contributed by atoms with Gasteiger partial charge in [-0.1, -0.05) is 24.3 Å². The zero-order chi connectivity index (χ0) is 18.2. The van der Waals surface area contributed by atoms with Gasteiger partial charge in [-0.3, -0.25) is 10.1 Å². The van der Waals surface area contributed by atoms with Crippen molar-refractivity contribution in [1.82, 2.24) is 4.72 Å². The summed E-state index contributed by atoms with van der Waals surface area (Å²) in [7, 11) is -3.86. The van der Waals surface area contributed by atoms with Gasteiger partial charge >= 0.3 is 0 Å². The molecule has 0 spiro atoms. The third kappa shape index (κ3) is 3.57. The van der Waals surface area contributed by atoms with E-state index in [0.29, 0.717) is 5.56 Å². The number of nitro benzene ring substituents is 1. The van der Waals surface area contributed by atoms with E-state index in [-0.39, 0.29) is 10.6 Å². The van der Waals surface area contributed by atoms with Crippen LogP contribution in [0.1, 0.15) is 41.6 Å². The molecule has 0 amide bonds. The van der Waals surface area contributed by atoms with Crippen LogP contribution in [0.15, 0.2) is 41.3 Å². The Bertz CT molecular complexity index is 938. The fraction of sp³-hybridized carbons (Fsp3) is 0.333. The molecule has 1 N–H and O–H groups in total. The molecule has 0 aromatic heterocycles. The number of sulfonamides is 1. The van der Waals surface area contributed by atoms with Crippen molar-refractivity contribution in [3.05, 3.63) is 68.8 Å². The number of benzene rings is 2. The van der Waals surface area contributed by atoms with Crippen LogP contribution in [-0.4, -0.2) is 13.3 Å². The van der Waals surface area contributed by atoms with Gasteiger partial charge in [-0.15, -0.1) is 0 Å². The first-order valence-electron chi connectivity index (χ1n) is 8.17. The summed E-state index contributed by atoms with van der Waals surface area (Å²) < 4.78 is 28.1. The fourth-order valence-electron chi connectivity index (χ4n) is 3.22. The van der Waals surface area contributed by atoms with Crippen LogP contribution in [0.3, 0.4) is 0 Å². The fourth-order valence-corrected chi connectivity index (χ4v) is 4.71. The Morgan fingerprint density at radius 1 is 1.12 bits per heavy atom. The number of fused-ring (bicyclic) bond motifs is 1. The molecule has 0 saturated heterocycles. The van der Waals surface area contributed by atoms with Gasteiger partial charge in [0.15, 0.2) is 0 Å². The van der Waals surface area contributed by atoms with Crippen molar-refractivity contribution in [3.8, 4) is 0 Å². The molecule has 0 aliphatic heterocycles. The van der Waals surface area contributed by atoms with Gasteiger partial charge in [0.2, 0.25) is 10.0 Å². The second-order valence-electron chi connectivity index (χ2n) is 6.43. The van der Waals surface area contributed by atoms with Crippen LogP contribution in [0.25, 0.3) is 0 Å². The van der Waals surface area contributed by atoms with Gasteiger partial charge < -0.3 is 0 Å². The van der Waals surface area contributed by atoms with E-state index in [0.717, 1.165) is 30.9 Å². The molecule has 1 aliphatic carbocycles. The summed E-state index contributed by atoms with van der Waals surface area (Å²) in [5, 5.41) is 10.9. The second kappa shape index (κ2) is 6.57. The van der Waals surface area contributed by atoms with Crippen LogP contribution in [0.2, 0.25) is 0 Å². The molecular weight excluding hydrogens is 340 g/mol. The number of nitro groups is 1. The number of nitrogens with one attached hydrogen (secondary N) is 1. The number of hydrogen-bond acceptors (Lipinski definition) is 4. The van der Waals surface area contributed by atoms with Crippen molar-refractivity contribution < 1.29 is 13.3 Å². The largest absolute Gasteiger partial charge is 0.270 e. The Hall–Kier alpha value is -2.25. The quantitative estimate of drug-likeness (QED) is 0.653. The maximum Gasteiger partial charge on any atom is 0.270 e. The summed E-state index contributed by atoms with van der Waals surface area (Å²) in [6.07, 6.45) is 3.22. The van der Waals surface area contributed by atoms with Gasteiger partial charge in [0.05, 0.1) is 9.82 Å². The number of aryl methyl sites for hydroxylation is 3. The molecule has 25 heavy (non-hydrogen) atoms. The minimum absolute atomic E-state index is 0.0605. The highest BCUT2D eigenvalue weighted by Gasteiger charge is 2.23. The lowest BCUT2D eigenvalue weighted by Gasteiger charge is -2.17. The molecule has 2 aromatic carbocycles. The Kier molecular flexibility index (Phi) is 4.62. The lowest BCUT2D eigenvalue weighted by molar-refractivity contribution is -0.385. The smallest absolute Gasteiger partial charge is 0.258 e. The van der Waals surface area contributed by atoms with Gasteiger partial charge in [-0.25, -0.2) is 13.1 Å². The molecule has 7 heteroatoms. The summed E-state index contributed by atoms with van der Waals surface area (Å²) in [5.74, 6) is 0. The Morgan fingerprint density at radius 3 is 2.56 bits per heavy atom. The monoisotopic (exact) mass is 360 g/mol. The molecule has 0 heterocycles. The van der Waals surface area contributed by atoms with Crippen LogP contribution < -0.4 is 4.72 Å². The van der Waals surface area contributed by atoms with Gasteiger partial charge in [0, 0.05) is 18.2 Å². The van der Waals surface area contributed by atoms with Crippen LogP contribution >= 0.6 is 0 Å². The molecule has 3 rings (SSSR count). The van der Waals surface area contributed by atoms with Crippen molar-refractivity contribution >= 4 is 15.7 Å². The van der Waals surface area contributed by atoms with Crippen molar-refractivity contribution in [2.45, 2.75) is 44.0 Å². The first kappa shape index (κ1) is 17.6. The zero-order valence-corrected chi connectivity index (χ0v) is 15.0. The van der Waals surface area contributed by atoms with Gasteiger partial charge in [-0.2, -0.15) is 0 Å². The highest BCUT2D eigenvalue weighted by atomic mass is 32.2. The minimum Gasteiger partial charge on any atom is -0.258 e. The molecule has 0 saturated carbocycles. The summed E-state index contributed by atoms with van der Waals surface area (Å²) in [6.45, 7) is 3.40. The summed E-state index contributed by atoms with van der Waals surface area (Å²) >= 11 is 0. The Morgan fingerprint density at radius 2 is 1.84 bits per heavy atom. The number of rotatable bonds is 5. The third-order valence-corrected chi connectivity index (χ3v) is 6.31. The molecule has 0 fully saturated rings. The van der Waals surface area contributed by atoms with Crippen LogP contribution in [0.4, 0.5) is 5.69 Å². The van der Waals surface area contributed by atoms with E-state index in [1.165, 1.54) is 23.3 Å². The number of nitrogens with zero attached hydrogens (tertiary/aromatic N) is 1. The van der Waals surface area contributed by atoms with E-state index in [4.69, 9.17) is 0 Å². The lowest BCUT2D eigenvalue weighted by atomic mass is 10.0. The predicted octanol–water partition coefficient (Wildman–Crippen LogP) is 3.43. The van der Waals surface area contributed by atoms with Gasteiger partial charge in [-0.05, 0) is 55.4 Å². The van der Waals surface area contributed by atoms with E-state index in [1.807, 2.05) is 6.07 Å². The maximum absolute atomic E-state index is 12.7. The molecule has 2 aromatic rings. The average Bonchev–Trinajstić information content (AvgIpc) is 3.01. The van der Waals surface area contributed by atoms with Gasteiger partial charge in [0.25, 0.3) is 5.69 Å². The predicted molar refractivity (Wildman–Crippen MR) is 95.0 cm³/mol. The maximum atomic E-state index is 12.7. The number of non-ortho nitro benzene ring substituents is 1. The molecule has 0 bridgehead atoms. The van der Waals surface area contributed by atoms with E-state index in [1.54, 1.807) is 13.8 Å². The average molecular weight is 360 g/mol. The van der Waals surface area contributed by atoms with Crippen molar-refractivity contribution in [2.75, 3.05) is 0 Å². The van der Waals surface area contributed by atoms with E-state index < -0.39 is 21.0 Å². The zero-order valence-electron chi connectivity index (χ0n) is 14.2. The van der Waals surface area contributed by atoms with Crippen LogP contribution in [0.5, 0.6) is 0 Å². The van der Waals surface area contributed by atoms with Gasteiger partial charge in [0.1, 0.15) is 0 Å². The normalized spacial score (nSPS) is 15.0. The molecule has 1 aliphatic rings. The van der Waals surface area contributed by atoms with Crippen LogP contribution in [0, 0.1) is 17.0 Å². The van der Waals surface area contributed by atoms with Crippen molar-refractivity contribution in [2.24, 2.45) is 0 Å². The topological polar surface area (TPSA) is 89.3 Å². The second-order valence-corrected chi connectivity index (χ2v) is 8.11. The molecule has 6 nitrogen and oxygen atoms in total. The first-order valence-corrected chi connectivity index (χ1v) is 9.65.